The van der Waals surface area contributed by atoms with Crippen LogP contribution in [0.3, 0.4) is 0 Å². The van der Waals surface area contributed by atoms with E-state index >= 15 is 0 Å². The zero-order chi connectivity index (χ0) is 12.2. The summed E-state index contributed by atoms with van der Waals surface area (Å²) in [7, 11) is 0. The largest absolute Gasteiger partial charge is 0.391 e. The van der Waals surface area contributed by atoms with Crippen molar-refractivity contribution in [2.24, 2.45) is 0 Å². The van der Waals surface area contributed by atoms with E-state index in [1.54, 1.807) is 6.92 Å². The summed E-state index contributed by atoms with van der Waals surface area (Å²) in [6.07, 6.45) is 11.3. The molecule has 0 saturated carbocycles. The van der Waals surface area contributed by atoms with Crippen LogP contribution in [0.15, 0.2) is 0 Å². The van der Waals surface area contributed by atoms with Crippen molar-refractivity contribution in [2.45, 2.75) is 90.3 Å². The molecule has 0 aromatic heterocycles. The highest BCUT2D eigenvalue weighted by atomic mass is 16.3. The van der Waals surface area contributed by atoms with Crippen molar-refractivity contribution >= 4 is 0 Å². The highest BCUT2D eigenvalue weighted by molar-refractivity contribution is 4.61. The lowest BCUT2D eigenvalue weighted by molar-refractivity contribution is 0.0247. The van der Waals surface area contributed by atoms with Crippen LogP contribution in [0.5, 0.6) is 0 Å². The number of hydrogen-bond acceptors (Lipinski definition) is 2. The Morgan fingerprint density at radius 2 is 1.19 bits per heavy atom. The van der Waals surface area contributed by atoms with E-state index in [4.69, 9.17) is 5.11 Å². The van der Waals surface area contributed by atoms with Gasteiger partial charge in [-0.2, -0.15) is 0 Å². The van der Waals surface area contributed by atoms with Gasteiger partial charge in [0.1, 0.15) is 0 Å². The van der Waals surface area contributed by atoms with Crippen LogP contribution < -0.4 is 0 Å². The van der Waals surface area contributed by atoms with Gasteiger partial charge >= 0.3 is 0 Å². The van der Waals surface area contributed by atoms with Gasteiger partial charge in [-0.3, -0.25) is 0 Å². The van der Waals surface area contributed by atoms with E-state index in [9.17, 15) is 5.11 Å². The molecule has 98 valence electrons. The molecule has 0 aromatic rings. The maximum absolute atomic E-state index is 9.38. The molecule has 2 atom stereocenters. The molecule has 0 spiro atoms. The molecule has 0 heterocycles. The average Bonchev–Trinajstić information content (AvgIpc) is 2.26. The Morgan fingerprint density at radius 1 is 0.750 bits per heavy atom. The molecule has 0 amide bonds. The Hall–Kier alpha value is -0.0800. The van der Waals surface area contributed by atoms with E-state index in [-0.39, 0.29) is 0 Å². The standard InChI is InChI=1S/C14H30O2/c1-3-4-5-6-7-8-9-10-11-12-14(16)13(2)15/h13-16H,3-12H2,1-2H3/t13-,14-/m0/s1. The van der Waals surface area contributed by atoms with Crippen molar-refractivity contribution in [3.63, 3.8) is 0 Å². The molecule has 2 N–H and O–H groups in total. The maximum Gasteiger partial charge on any atom is 0.0796 e. The summed E-state index contributed by atoms with van der Waals surface area (Å²) in [4.78, 5) is 0. The lowest BCUT2D eigenvalue weighted by Crippen LogP contribution is -2.21. The predicted molar refractivity (Wildman–Crippen MR) is 69.5 cm³/mol. The van der Waals surface area contributed by atoms with Gasteiger partial charge in [0.25, 0.3) is 0 Å². The molecule has 0 radical (unpaired) electrons. The van der Waals surface area contributed by atoms with Gasteiger partial charge in [-0.15, -0.1) is 0 Å². The van der Waals surface area contributed by atoms with Crippen LogP contribution in [0.1, 0.15) is 78.1 Å². The van der Waals surface area contributed by atoms with E-state index in [0.717, 1.165) is 12.8 Å². The monoisotopic (exact) mass is 230 g/mol. The van der Waals surface area contributed by atoms with Crippen LogP contribution >= 0.6 is 0 Å². The van der Waals surface area contributed by atoms with Crippen LogP contribution in [-0.2, 0) is 0 Å². The molecule has 0 aliphatic carbocycles. The maximum atomic E-state index is 9.38. The van der Waals surface area contributed by atoms with Crippen LogP contribution in [0.4, 0.5) is 0 Å². The summed E-state index contributed by atoms with van der Waals surface area (Å²) >= 11 is 0. The number of aliphatic hydroxyl groups excluding tert-OH is 2. The zero-order valence-corrected chi connectivity index (χ0v) is 11.1. The first kappa shape index (κ1) is 15.9. The second-order valence-electron chi connectivity index (χ2n) is 4.93. The lowest BCUT2D eigenvalue weighted by Gasteiger charge is -2.12. The molecule has 0 fully saturated rings. The fourth-order valence-corrected chi connectivity index (χ4v) is 1.91. The molecule has 0 rings (SSSR count). The summed E-state index contributed by atoms with van der Waals surface area (Å²) in [5, 5.41) is 18.5. The Kier molecular flexibility index (Phi) is 11.3. The highest BCUT2D eigenvalue weighted by Crippen LogP contribution is 2.12. The van der Waals surface area contributed by atoms with Crippen molar-refractivity contribution in [2.75, 3.05) is 0 Å². The van der Waals surface area contributed by atoms with Gasteiger partial charge in [0.05, 0.1) is 12.2 Å². The summed E-state index contributed by atoms with van der Waals surface area (Å²) in [6, 6.07) is 0. The van der Waals surface area contributed by atoms with Crippen LogP contribution in [0.25, 0.3) is 0 Å². The van der Waals surface area contributed by atoms with Crippen LogP contribution in [0.2, 0.25) is 0 Å². The Balaban J connectivity index is 3.04. The Morgan fingerprint density at radius 3 is 1.62 bits per heavy atom. The Labute approximate surface area is 101 Å². The topological polar surface area (TPSA) is 40.5 Å². The third kappa shape index (κ3) is 10.4. The lowest BCUT2D eigenvalue weighted by atomic mass is 10.0. The predicted octanol–water partition coefficient (Wildman–Crippen LogP) is 3.65. The van der Waals surface area contributed by atoms with E-state index in [0.29, 0.717) is 0 Å². The highest BCUT2D eigenvalue weighted by Gasteiger charge is 2.09. The van der Waals surface area contributed by atoms with Crippen molar-refractivity contribution < 1.29 is 10.2 Å². The number of unbranched alkanes of at least 4 members (excludes halogenated alkanes) is 8. The van der Waals surface area contributed by atoms with Crippen molar-refractivity contribution in [1.29, 1.82) is 0 Å². The molecule has 2 heteroatoms. The molecular formula is C14H30O2. The molecule has 0 unspecified atom stereocenters. The number of aliphatic hydroxyl groups is 2. The third-order valence-electron chi connectivity index (χ3n) is 3.16. The molecule has 2 nitrogen and oxygen atoms in total. The smallest absolute Gasteiger partial charge is 0.0796 e. The first-order valence-corrected chi connectivity index (χ1v) is 7.04. The molecule has 0 aliphatic rings. The molecule has 16 heavy (non-hydrogen) atoms. The molecule has 0 saturated heterocycles. The van der Waals surface area contributed by atoms with Gasteiger partial charge in [-0.1, -0.05) is 64.7 Å². The van der Waals surface area contributed by atoms with Gasteiger partial charge in [0, 0.05) is 0 Å². The molecule has 0 aromatic carbocycles. The van der Waals surface area contributed by atoms with Crippen molar-refractivity contribution in [3.05, 3.63) is 0 Å². The first-order chi connectivity index (χ1) is 7.68. The summed E-state index contributed by atoms with van der Waals surface area (Å²) in [5.41, 5.74) is 0. The van der Waals surface area contributed by atoms with E-state index in [1.165, 1.54) is 51.4 Å². The number of hydrogen-bond donors (Lipinski definition) is 2. The average molecular weight is 230 g/mol. The van der Waals surface area contributed by atoms with E-state index in [1.807, 2.05) is 0 Å². The van der Waals surface area contributed by atoms with Gasteiger partial charge < -0.3 is 10.2 Å². The van der Waals surface area contributed by atoms with Crippen LogP contribution in [-0.4, -0.2) is 22.4 Å². The quantitative estimate of drug-likeness (QED) is 0.532. The fourth-order valence-electron chi connectivity index (χ4n) is 1.91. The molecular weight excluding hydrogens is 200 g/mol. The molecule has 0 aliphatic heterocycles. The van der Waals surface area contributed by atoms with Crippen molar-refractivity contribution in [3.8, 4) is 0 Å². The fraction of sp³-hybridized carbons (Fsp3) is 1.00. The SMILES string of the molecule is CCCCCCCCCCC[C@H](O)[C@H](C)O. The van der Waals surface area contributed by atoms with Gasteiger partial charge in [0.2, 0.25) is 0 Å². The minimum atomic E-state index is -0.575. The van der Waals surface area contributed by atoms with E-state index < -0.39 is 12.2 Å². The minimum Gasteiger partial charge on any atom is -0.391 e. The Bertz CT molecular complexity index is 135. The second kappa shape index (κ2) is 11.4. The third-order valence-corrected chi connectivity index (χ3v) is 3.16. The normalized spacial score (nSPS) is 15.0. The zero-order valence-electron chi connectivity index (χ0n) is 11.1. The van der Waals surface area contributed by atoms with Gasteiger partial charge in [0.15, 0.2) is 0 Å². The first-order valence-electron chi connectivity index (χ1n) is 7.04. The summed E-state index contributed by atoms with van der Waals surface area (Å²) in [5.74, 6) is 0. The molecule has 0 bridgehead atoms. The summed E-state index contributed by atoms with van der Waals surface area (Å²) in [6.45, 7) is 3.89. The van der Waals surface area contributed by atoms with E-state index in [2.05, 4.69) is 6.92 Å². The second-order valence-corrected chi connectivity index (χ2v) is 4.93. The van der Waals surface area contributed by atoms with Gasteiger partial charge in [-0.05, 0) is 13.3 Å². The van der Waals surface area contributed by atoms with Gasteiger partial charge in [-0.25, -0.2) is 0 Å². The number of rotatable bonds is 11. The van der Waals surface area contributed by atoms with Crippen LogP contribution in [0, 0.1) is 0 Å². The summed E-state index contributed by atoms with van der Waals surface area (Å²) < 4.78 is 0. The van der Waals surface area contributed by atoms with Crippen molar-refractivity contribution in [1.82, 2.24) is 0 Å². The minimum absolute atomic E-state index is 0.524.